The fraction of sp³-hybridized carbons (Fsp3) is 0.756. The molecule has 0 bridgehead atoms. The maximum atomic E-state index is 6.22. The molecule has 3 nitrogen and oxygen atoms in total. The Balaban J connectivity index is 1.19. The van der Waals surface area contributed by atoms with E-state index in [-0.39, 0.29) is 0 Å². The summed E-state index contributed by atoms with van der Waals surface area (Å²) in [4.78, 5) is 9.61. The number of aryl methyl sites for hydroxylation is 2. The first-order chi connectivity index (χ1) is 21.8. The van der Waals surface area contributed by atoms with Gasteiger partial charge in [-0.15, -0.1) is 0 Å². The van der Waals surface area contributed by atoms with Gasteiger partial charge in [-0.25, -0.2) is 9.97 Å². The Bertz CT molecular complexity index is 917. The van der Waals surface area contributed by atoms with E-state index in [9.17, 15) is 0 Å². The molecule has 3 rings (SSSR count). The van der Waals surface area contributed by atoms with E-state index in [1.165, 1.54) is 172 Å². The second-order valence-corrected chi connectivity index (χ2v) is 14.0. The predicted molar refractivity (Wildman–Crippen MR) is 190 cm³/mol. The molecule has 2 aromatic rings. The van der Waals surface area contributed by atoms with E-state index in [0.717, 1.165) is 24.6 Å². The number of benzene rings is 1. The molecule has 1 aromatic heterocycles. The highest BCUT2D eigenvalue weighted by Crippen LogP contribution is 2.34. The molecule has 1 saturated carbocycles. The molecule has 44 heavy (non-hydrogen) atoms. The Morgan fingerprint density at radius 1 is 0.523 bits per heavy atom. The molecule has 0 atom stereocenters. The van der Waals surface area contributed by atoms with Gasteiger partial charge >= 0.3 is 0 Å². The molecule has 0 radical (unpaired) electrons. The Hall–Kier alpha value is -1.90. The highest BCUT2D eigenvalue weighted by Gasteiger charge is 2.24. The summed E-state index contributed by atoms with van der Waals surface area (Å²) in [5.41, 5.74) is 2.76. The van der Waals surface area contributed by atoms with Crippen molar-refractivity contribution in [3.63, 3.8) is 0 Å². The van der Waals surface area contributed by atoms with Crippen molar-refractivity contribution in [2.75, 3.05) is 6.61 Å². The lowest BCUT2D eigenvalue weighted by molar-refractivity contribution is 0.198. The van der Waals surface area contributed by atoms with Gasteiger partial charge in [0, 0.05) is 18.3 Å². The van der Waals surface area contributed by atoms with Crippen LogP contribution in [0.15, 0.2) is 36.7 Å². The standard InChI is InChI=1S/C41H68N2O/c1-3-5-7-9-11-13-15-17-19-21-23-36-27-31-40(32-28-36)44-35-37-25-29-39(30-26-37)41-42-33-38(34-43-41)24-22-20-18-16-14-12-10-8-6-4-2/h27-28,31-34,37,39H,3-26,29-30,35H2,1-2H3/t37-,39-. The molecule has 0 unspecified atom stereocenters. The number of hydrogen-bond donors (Lipinski definition) is 0. The van der Waals surface area contributed by atoms with Gasteiger partial charge in [-0.1, -0.05) is 142 Å². The van der Waals surface area contributed by atoms with Crippen molar-refractivity contribution >= 4 is 0 Å². The number of nitrogens with zero attached hydrogens (tertiary/aromatic N) is 2. The van der Waals surface area contributed by atoms with Gasteiger partial charge in [0.1, 0.15) is 11.6 Å². The van der Waals surface area contributed by atoms with Gasteiger partial charge in [0.25, 0.3) is 0 Å². The van der Waals surface area contributed by atoms with Crippen molar-refractivity contribution < 1.29 is 4.74 Å². The van der Waals surface area contributed by atoms with Crippen LogP contribution in [-0.4, -0.2) is 16.6 Å². The second-order valence-electron chi connectivity index (χ2n) is 14.0. The largest absolute Gasteiger partial charge is 0.493 e. The van der Waals surface area contributed by atoms with E-state index < -0.39 is 0 Å². The Morgan fingerprint density at radius 2 is 0.955 bits per heavy atom. The molecule has 1 aliphatic carbocycles. The van der Waals surface area contributed by atoms with Crippen molar-refractivity contribution in [1.82, 2.24) is 9.97 Å². The number of ether oxygens (including phenoxy) is 1. The van der Waals surface area contributed by atoms with Crippen LogP contribution in [0, 0.1) is 5.92 Å². The zero-order chi connectivity index (χ0) is 30.9. The number of aromatic nitrogens is 2. The van der Waals surface area contributed by atoms with E-state index >= 15 is 0 Å². The number of unbranched alkanes of at least 4 members (excludes halogenated alkanes) is 18. The molecular weight excluding hydrogens is 536 g/mol. The average molecular weight is 605 g/mol. The van der Waals surface area contributed by atoms with Gasteiger partial charge in [-0.2, -0.15) is 0 Å². The maximum absolute atomic E-state index is 6.22. The molecule has 3 heteroatoms. The summed E-state index contributed by atoms with van der Waals surface area (Å²) in [7, 11) is 0. The van der Waals surface area contributed by atoms with Gasteiger partial charge in [0.2, 0.25) is 0 Å². The van der Waals surface area contributed by atoms with Crippen LogP contribution in [0.3, 0.4) is 0 Å². The molecule has 1 aliphatic rings. The predicted octanol–water partition coefficient (Wildman–Crippen LogP) is 12.8. The minimum Gasteiger partial charge on any atom is -0.493 e. The molecule has 248 valence electrons. The van der Waals surface area contributed by atoms with E-state index in [0.29, 0.717) is 11.8 Å². The normalized spacial score (nSPS) is 16.8. The number of rotatable bonds is 26. The van der Waals surface area contributed by atoms with Crippen LogP contribution < -0.4 is 4.74 Å². The quantitative estimate of drug-likeness (QED) is 0.100. The van der Waals surface area contributed by atoms with Crippen LogP contribution in [0.2, 0.25) is 0 Å². The summed E-state index contributed by atoms with van der Waals surface area (Å²) in [5, 5.41) is 0. The van der Waals surface area contributed by atoms with Gasteiger partial charge in [0.15, 0.2) is 0 Å². The summed E-state index contributed by atoms with van der Waals surface area (Å²) in [6, 6.07) is 8.92. The highest BCUT2D eigenvalue weighted by molar-refractivity contribution is 5.27. The molecule has 0 N–H and O–H groups in total. The van der Waals surface area contributed by atoms with E-state index in [1.807, 2.05) is 0 Å². The maximum Gasteiger partial charge on any atom is 0.131 e. The zero-order valence-corrected chi connectivity index (χ0v) is 29.0. The van der Waals surface area contributed by atoms with Gasteiger partial charge in [-0.3, -0.25) is 0 Å². The summed E-state index contributed by atoms with van der Waals surface area (Å²) in [6.45, 7) is 5.42. The Kier molecular flexibility index (Phi) is 20.2. The van der Waals surface area contributed by atoms with Gasteiger partial charge < -0.3 is 4.74 Å². The molecule has 1 fully saturated rings. The van der Waals surface area contributed by atoms with E-state index in [1.54, 1.807) is 0 Å². The lowest BCUT2D eigenvalue weighted by Crippen LogP contribution is -2.20. The molecular formula is C41H68N2O. The fourth-order valence-corrected chi connectivity index (χ4v) is 6.89. The Morgan fingerprint density at radius 3 is 1.43 bits per heavy atom. The highest BCUT2D eigenvalue weighted by atomic mass is 16.5. The first-order valence-corrected chi connectivity index (χ1v) is 19.3. The third-order valence-electron chi connectivity index (χ3n) is 9.98. The average Bonchev–Trinajstić information content (AvgIpc) is 3.06. The first-order valence-electron chi connectivity index (χ1n) is 19.3. The molecule has 1 heterocycles. The zero-order valence-electron chi connectivity index (χ0n) is 29.0. The minimum atomic E-state index is 0.516. The van der Waals surface area contributed by atoms with Crippen LogP contribution in [0.1, 0.15) is 191 Å². The molecule has 0 aliphatic heterocycles. The van der Waals surface area contributed by atoms with E-state index in [2.05, 4.69) is 50.5 Å². The second kappa shape index (κ2) is 24.3. The fourth-order valence-electron chi connectivity index (χ4n) is 6.89. The van der Waals surface area contributed by atoms with Crippen LogP contribution in [0.5, 0.6) is 5.75 Å². The molecule has 0 spiro atoms. The van der Waals surface area contributed by atoms with Crippen molar-refractivity contribution in [3.8, 4) is 5.75 Å². The molecule has 1 aromatic carbocycles. The topological polar surface area (TPSA) is 35.0 Å². The SMILES string of the molecule is CCCCCCCCCCCCc1ccc(OC[C@H]2CC[C@H](c3ncc(CCCCCCCCCCCC)cn3)CC2)cc1. The van der Waals surface area contributed by atoms with Crippen LogP contribution in [0.25, 0.3) is 0 Å². The molecule has 0 saturated heterocycles. The van der Waals surface area contributed by atoms with E-state index in [4.69, 9.17) is 14.7 Å². The van der Waals surface area contributed by atoms with Crippen LogP contribution in [0.4, 0.5) is 0 Å². The van der Waals surface area contributed by atoms with Crippen molar-refractivity contribution in [3.05, 3.63) is 53.6 Å². The smallest absolute Gasteiger partial charge is 0.131 e. The Labute approximate surface area is 272 Å². The van der Waals surface area contributed by atoms with Crippen molar-refractivity contribution in [2.24, 2.45) is 5.92 Å². The summed E-state index contributed by atoms with van der Waals surface area (Å²) in [6.07, 6.45) is 39.2. The third-order valence-corrected chi connectivity index (χ3v) is 9.98. The van der Waals surface area contributed by atoms with Crippen molar-refractivity contribution in [1.29, 1.82) is 0 Å². The van der Waals surface area contributed by atoms with Crippen molar-refractivity contribution in [2.45, 2.75) is 187 Å². The summed E-state index contributed by atoms with van der Waals surface area (Å²) < 4.78 is 6.22. The minimum absolute atomic E-state index is 0.516. The van der Waals surface area contributed by atoms with Gasteiger partial charge in [0.05, 0.1) is 6.61 Å². The third kappa shape index (κ3) is 16.4. The summed E-state index contributed by atoms with van der Waals surface area (Å²) >= 11 is 0. The monoisotopic (exact) mass is 605 g/mol. The summed E-state index contributed by atoms with van der Waals surface area (Å²) in [5.74, 6) is 3.25. The molecule has 0 amide bonds. The lowest BCUT2D eigenvalue weighted by atomic mass is 9.82. The van der Waals surface area contributed by atoms with Crippen LogP contribution in [-0.2, 0) is 12.8 Å². The number of hydrogen-bond acceptors (Lipinski definition) is 3. The van der Waals surface area contributed by atoms with Gasteiger partial charge in [-0.05, 0) is 80.5 Å². The lowest BCUT2D eigenvalue weighted by Gasteiger charge is -2.27. The van der Waals surface area contributed by atoms with Crippen LogP contribution >= 0.6 is 0 Å². The first kappa shape index (κ1) is 36.6.